The van der Waals surface area contributed by atoms with Crippen molar-refractivity contribution in [3.8, 4) is 5.75 Å². The maximum absolute atomic E-state index is 12.3. The Morgan fingerprint density at radius 2 is 2.00 bits per heavy atom. The number of halogens is 3. The third-order valence-electron chi connectivity index (χ3n) is 2.39. The Bertz CT molecular complexity index is 699. The third kappa shape index (κ3) is 4.20. The zero-order valence-electron chi connectivity index (χ0n) is 10.4. The van der Waals surface area contributed by atoms with Crippen LogP contribution in [0.5, 0.6) is 5.75 Å². The molecule has 1 aromatic carbocycles. The van der Waals surface area contributed by atoms with E-state index in [1.165, 1.54) is 24.5 Å². The van der Waals surface area contributed by atoms with Crippen molar-refractivity contribution >= 4 is 10.0 Å². The first kappa shape index (κ1) is 15.3. The van der Waals surface area contributed by atoms with Crippen LogP contribution in [0.2, 0.25) is 0 Å². The lowest BCUT2D eigenvalue weighted by atomic mass is 10.3. The average Bonchev–Trinajstić information content (AvgIpc) is 2.88. The van der Waals surface area contributed by atoms with E-state index < -0.39 is 27.0 Å². The molecule has 0 bridgehead atoms. The normalized spacial score (nSPS) is 12.3. The molecule has 0 saturated carbocycles. The molecule has 10 heteroatoms. The fourth-order valence-corrected chi connectivity index (χ4v) is 2.66. The first-order chi connectivity index (χ1) is 9.78. The molecular formula is C11H10F3N3O3S. The Morgan fingerprint density at radius 3 is 2.62 bits per heavy atom. The first-order valence-electron chi connectivity index (χ1n) is 5.60. The maximum Gasteiger partial charge on any atom is 0.573 e. The number of nitrogens with zero attached hydrogens (tertiary/aromatic N) is 1. The van der Waals surface area contributed by atoms with E-state index in [4.69, 9.17) is 0 Å². The van der Waals surface area contributed by atoms with E-state index in [9.17, 15) is 21.6 Å². The summed E-state index contributed by atoms with van der Waals surface area (Å²) in [5.74, 6) is -0.787. The van der Waals surface area contributed by atoms with Crippen molar-refractivity contribution in [2.45, 2.75) is 17.8 Å². The van der Waals surface area contributed by atoms with Gasteiger partial charge >= 0.3 is 6.36 Å². The summed E-state index contributed by atoms with van der Waals surface area (Å²) in [4.78, 5) is -0.592. The van der Waals surface area contributed by atoms with Crippen LogP contribution in [0.25, 0.3) is 0 Å². The zero-order chi connectivity index (χ0) is 15.5. The minimum absolute atomic E-state index is 0.112. The molecule has 2 aromatic rings. The summed E-state index contributed by atoms with van der Waals surface area (Å²) in [6.45, 7) is -0.112. The van der Waals surface area contributed by atoms with E-state index in [2.05, 4.69) is 19.7 Å². The third-order valence-corrected chi connectivity index (χ3v) is 3.83. The maximum atomic E-state index is 12.3. The lowest BCUT2D eigenvalue weighted by molar-refractivity contribution is -0.275. The second-order valence-corrected chi connectivity index (χ2v) is 5.66. The highest BCUT2D eigenvalue weighted by molar-refractivity contribution is 7.89. The summed E-state index contributed by atoms with van der Waals surface area (Å²) in [5, 5.41) is 6.12. The summed E-state index contributed by atoms with van der Waals surface area (Å²) < 4.78 is 66.8. The van der Waals surface area contributed by atoms with E-state index >= 15 is 0 Å². The lowest BCUT2D eigenvalue weighted by Gasteiger charge is -2.13. The van der Waals surface area contributed by atoms with Crippen LogP contribution in [-0.2, 0) is 16.6 Å². The van der Waals surface area contributed by atoms with Crippen LogP contribution in [-0.4, -0.2) is 25.0 Å². The van der Waals surface area contributed by atoms with E-state index in [0.717, 1.165) is 12.1 Å². The smallest absolute Gasteiger partial charge is 0.404 e. The van der Waals surface area contributed by atoms with Gasteiger partial charge in [-0.15, -0.1) is 13.2 Å². The predicted molar refractivity (Wildman–Crippen MR) is 65.7 cm³/mol. The standard InChI is InChI=1S/C11H10F3N3O3S/c12-11(13,14)20-9-3-1-2-4-10(9)21(18,19)17-7-8-5-15-16-6-8/h1-6,17H,7H2,(H,15,16). The number of para-hydroxylation sites is 1. The highest BCUT2D eigenvalue weighted by Crippen LogP contribution is 2.29. The number of rotatable bonds is 5. The Balaban J connectivity index is 2.23. The molecule has 2 N–H and O–H groups in total. The first-order valence-corrected chi connectivity index (χ1v) is 7.08. The number of H-pyrrole nitrogens is 1. The number of alkyl halides is 3. The Hall–Kier alpha value is -2.07. The van der Waals surface area contributed by atoms with Crippen LogP contribution in [0, 0.1) is 0 Å². The largest absolute Gasteiger partial charge is 0.573 e. The number of ether oxygens (including phenoxy) is 1. The SMILES string of the molecule is O=S(=O)(NCc1cn[nH]c1)c1ccccc1OC(F)(F)F. The fourth-order valence-electron chi connectivity index (χ4n) is 1.51. The molecule has 6 nitrogen and oxygen atoms in total. The van der Waals surface area contributed by atoms with Crippen LogP contribution in [0.1, 0.15) is 5.56 Å². The molecule has 0 saturated heterocycles. The molecule has 0 amide bonds. The van der Waals surface area contributed by atoms with Gasteiger partial charge < -0.3 is 4.74 Å². The van der Waals surface area contributed by atoms with Gasteiger partial charge in [-0.3, -0.25) is 5.10 Å². The molecule has 0 aliphatic heterocycles. The Labute approximate surface area is 118 Å². The topological polar surface area (TPSA) is 84.1 Å². The highest BCUT2D eigenvalue weighted by atomic mass is 32.2. The summed E-state index contributed by atoms with van der Waals surface area (Å²) >= 11 is 0. The molecule has 1 heterocycles. The van der Waals surface area contributed by atoms with Gasteiger partial charge in [-0.1, -0.05) is 12.1 Å². The predicted octanol–water partition coefficient (Wildman–Crippen LogP) is 1.79. The molecule has 0 aliphatic carbocycles. The van der Waals surface area contributed by atoms with Crippen LogP contribution < -0.4 is 9.46 Å². The Morgan fingerprint density at radius 1 is 1.29 bits per heavy atom. The van der Waals surface area contributed by atoms with Crippen molar-refractivity contribution in [1.29, 1.82) is 0 Å². The quantitative estimate of drug-likeness (QED) is 0.879. The van der Waals surface area contributed by atoms with E-state index in [-0.39, 0.29) is 6.54 Å². The molecule has 0 spiro atoms. The molecule has 1 aromatic heterocycles. The van der Waals surface area contributed by atoms with Gasteiger partial charge in [0.15, 0.2) is 0 Å². The van der Waals surface area contributed by atoms with Gasteiger partial charge in [0.2, 0.25) is 10.0 Å². The number of nitrogens with one attached hydrogen (secondary N) is 2. The van der Waals surface area contributed by atoms with Gasteiger partial charge in [0.1, 0.15) is 10.6 Å². The van der Waals surface area contributed by atoms with Crippen LogP contribution in [0.15, 0.2) is 41.6 Å². The average molecular weight is 321 g/mol. The number of hydrogen-bond donors (Lipinski definition) is 2. The fraction of sp³-hybridized carbons (Fsp3) is 0.182. The van der Waals surface area contributed by atoms with Crippen LogP contribution >= 0.6 is 0 Å². The summed E-state index contributed by atoms with van der Waals surface area (Å²) in [6.07, 6.45) is -2.13. The van der Waals surface area contributed by atoms with E-state index in [0.29, 0.717) is 5.56 Å². The number of aromatic nitrogens is 2. The van der Waals surface area contributed by atoms with Gasteiger partial charge in [-0.05, 0) is 12.1 Å². The minimum Gasteiger partial charge on any atom is -0.404 e. The van der Waals surface area contributed by atoms with Gasteiger partial charge in [-0.2, -0.15) is 5.10 Å². The molecule has 0 radical (unpaired) electrons. The molecule has 2 rings (SSSR count). The molecule has 0 unspecified atom stereocenters. The number of hydrogen-bond acceptors (Lipinski definition) is 4. The van der Waals surface area contributed by atoms with Crippen molar-refractivity contribution in [2.24, 2.45) is 0 Å². The lowest BCUT2D eigenvalue weighted by Crippen LogP contribution is -2.25. The van der Waals surface area contributed by atoms with E-state index in [1.54, 1.807) is 0 Å². The monoisotopic (exact) mass is 321 g/mol. The second kappa shape index (κ2) is 5.74. The number of benzene rings is 1. The molecule has 21 heavy (non-hydrogen) atoms. The molecule has 0 atom stereocenters. The molecule has 114 valence electrons. The van der Waals surface area contributed by atoms with Crippen molar-refractivity contribution in [3.05, 3.63) is 42.2 Å². The summed E-state index contributed by atoms with van der Waals surface area (Å²) in [5.41, 5.74) is 0.535. The zero-order valence-corrected chi connectivity index (χ0v) is 11.2. The van der Waals surface area contributed by atoms with Gasteiger partial charge in [0.05, 0.1) is 6.20 Å². The summed E-state index contributed by atoms with van der Waals surface area (Å²) in [6, 6.07) is 4.50. The van der Waals surface area contributed by atoms with Crippen LogP contribution in [0.3, 0.4) is 0 Å². The van der Waals surface area contributed by atoms with Gasteiger partial charge in [0, 0.05) is 18.3 Å². The van der Waals surface area contributed by atoms with Crippen molar-refractivity contribution in [1.82, 2.24) is 14.9 Å². The molecular weight excluding hydrogens is 311 g/mol. The number of sulfonamides is 1. The molecule has 0 fully saturated rings. The van der Waals surface area contributed by atoms with Crippen LogP contribution in [0.4, 0.5) is 13.2 Å². The summed E-state index contributed by atoms with van der Waals surface area (Å²) in [7, 11) is -4.16. The Kier molecular flexibility index (Phi) is 4.19. The molecule has 0 aliphatic rings. The van der Waals surface area contributed by atoms with Crippen molar-refractivity contribution < 1.29 is 26.3 Å². The van der Waals surface area contributed by atoms with Crippen molar-refractivity contribution in [3.63, 3.8) is 0 Å². The highest BCUT2D eigenvalue weighted by Gasteiger charge is 2.33. The van der Waals surface area contributed by atoms with Gasteiger partial charge in [-0.25, -0.2) is 13.1 Å². The number of aromatic amines is 1. The van der Waals surface area contributed by atoms with Crippen molar-refractivity contribution in [2.75, 3.05) is 0 Å². The minimum atomic E-state index is -4.98. The van der Waals surface area contributed by atoms with Gasteiger partial charge in [0.25, 0.3) is 0 Å². The second-order valence-electron chi connectivity index (χ2n) is 3.93. The van der Waals surface area contributed by atoms with E-state index in [1.807, 2.05) is 0 Å².